The van der Waals surface area contributed by atoms with E-state index in [1.54, 1.807) is 22.3 Å². The van der Waals surface area contributed by atoms with Gasteiger partial charge in [-0.1, -0.05) is 0 Å². The van der Waals surface area contributed by atoms with Gasteiger partial charge in [-0.25, -0.2) is 0 Å². The van der Waals surface area contributed by atoms with E-state index < -0.39 is 0 Å². The van der Waals surface area contributed by atoms with Crippen molar-refractivity contribution in [1.29, 1.82) is 0 Å². The monoisotopic (exact) mass is 485 g/mol. The molecule has 0 saturated carbocycles. The van der Waals surface area contributed by atoms with Gasteiger partial charge in [0.05, 0.1) is 0 Å². The summed E-state index contributed by atoms with van der Waals surface area (Å²) in [6.07, 6.45) is 0. The van der Waals surface area contributed by atoms with Crippen molar-refractivity contribution in [3.8, 4) is 0 Å². The Kier molecular flexibility index (Phi) is 5.55. The third-order valence-electron chi connectivity index (χ3n) is 9.88. The Morgan fingerprint density at radius 3 is 0.970 bits per heavy atom. The summed E-state index contributed by atoms with van der Waals surface area (Å²) in [6, 6.07) is 0. The fourth-order valence-corrected chi connectivity index (χ4v) is 9.42. The van der Waals surface area contributed by atoms with Crippen molar-refractivity contribution < 1.29 is 14.7 Å². The summed E-state index contributed by atoms with van der Waals surface area (Å²) in [6.45, 7) is 33.2. The van der Waals surface area contributed by atoms with Crippen LogP contribution in [-0.4, -0.2) is 0 Å². The number of allylic oxidation sites excluding steroid dienone is 4. The van der Waals surface area contributed by atoms with E-state index in [9.17, 15) is 0 Å². The Hall–Kier alpha value is -1.57. The van der Waals surface area contributed by atoms with Gasteiger partial charge in [-0.05, 0) is 0 Å². The van der Waals surface area contributed by atoms with Crippen molar-refractivity contribution >= 4 is 11.1 Å². The van der Waals surface area contributed by atoms with Gasteiger partial charge in [0, 0.05) is 0 Å². The molecule has 4 rings (SSSR count). The molecule has 0 spiro atoms. The predicted octanol–water partition coefficient (Wildman–Crippen LogP) is 8.98. The fourth-order valence-electron chi connectivity index (χ4n) is 6.69. The second-order valence-electron chi connectivity index (χ2n) is 11.0. The second kappa shape index (κ2) is 7.46. The second-order valence-corrected chi connectivity index (χ2v) is 13.3. The third-order valence-corrected chi connectivity index (χ3v) is 12.2. The standard InChI is InChI=1S/2C16H21.Co/c2*1-8-9(2)12(5)16-14(7)10(3)13(6)15(16)11(8)4;/h2*1-7H3;. The zero-order valence-electron chi connectivity index (χ0n) is 23.3. The maximum atomic E-state index is 2.52. The van der Waals surface area contributed by atoms with Crippen LogP contribution in [0.3, 0.4) is 0 Å². The van der Waals surface area contributed by atoms with Crippen LogP contribution in [0.5, 0.6) is 0 Å². The van der Waals surface area contributed by atoms with Crippen LogP contribution < -0.4 is 0 Å². The van der Waals surface area contributed by atoms with Crippen molar-refractivity contribution in [2.24, 2.45) is 0 Å². The molecule has 2 aliphatic carbocycles. The summed E-state index contributed by atoms with van der Waals surface area (Å²) in [7, 11) is 0. The SMILES string of the molecule is CC1=C(C)[C](C)([Co][C]2(C)C(C)=C(C)c3c(C)c(C)c(C)c(C)c32)c2c(C)c(C)c(C)c(C)c21. The first-order chi connectivity index (χ1) is 15.1. The average molecular weight is 486 g/mol. The maximum absolute atomic E-state index is 2.52. The third kappa shape index (κ3) is 2.88. The molecule has 2 atom stereocenters. The summed E-state index contributed by atoms with van der Waals surface area (Å²) in [4.78, 5) is 0. The van der Waals surface area contributed by atoms with Gasteiger partial charge in [-0.15, -0.1) is 0 Å². The molecule has 2 aliphatic rings. The normalized spacial score (nSPS) is 24.3. The Labute approximate surface area is 209 Å². The van der Waals surface area contributed by atoms with Crippen LogP contribution in [0.2, 0.25) is 0 Å². The summed E-state index contributed by atoms with van der Waals surface area (Å²) in [5.74, 6) is 0. The molecular weight excluding hydrogens is 443 g/mol. The molecule has 0 radical (unpaired) electrons. The number of rotatable bonds is 2. The van der Waals surface area contributed by atoms with Crippen molar-refractivity contribution in [1.82, 2.24) is 0 Å². The van der Waals surface area contributed by atoms with E-state index in [1.807, 2.05) is 0 Å². The molecule has 0 amide bonds. The summed E-state index contributed by atoms with van der Waals surface area (Å²) < 4.78 is 0.000507. The van der Waals surface area contributed by atoms with Crippen LogP contribution >= 0.6 is 0 Å². The van der Waals surface area contributed by atoms with Crippen molar-refractivity contribution in [3.05, 3.63) is 77.9 Å². The van der Waals surface area contributed by atoms with Crippen molar-refractivity contribution in [2.75, 3.05) is 0 Å². The Morgan fingerprint density at radius 1 is 0.394 bits per heavy atom. The van der Waals surface area contributed by atoms with Crippen LogP contribution in [0.1, 0.15) is 108 Å². The molecule has 0 bridgehead atoms. The van der Waals surface area contributed by atoms with Crippen molar-refractivity contribution in [3.63, 3.8) is 0 Å². The summed E-state index contributed by atoms with van der Waals surface area (Å²) in [5, 5.41) is 0. The van der Waals surface area contributed by atoms with Gasteiger partial charge in [-0.2, -0.15) is 0 Å². The van der Waals surface area contributed by atoms with Gasteiger partial charge in [0.2, 0.25) is 0 Å². The van der Waals surface area contributed by atoms with Gasteiger partial charge in [0.15, 0.2) is 0 Å². The summed E-state index contributed by atoms with van der Waals surface area (Å²) in [5.41, 5.74) is 24.1. The Balaban J connectivity index is 2.04. The van der Waals surface area contributed by atoms with E-state index in [4.69, 9.17) is 0 Å². The Morgan fingerprint density at radius 2 is 0.667 bits per heavy atom. The zero-order chi connectivity index (χ0) is 24.9. The van der Waals surface area contributed by atoms with Crippen LogP contribution in [0.25, 0.3) is 11.1 Å². The fraction of sp³-hybridized carbons (Fsp3) is 0.500. The zero-order valence-corrected chi connectivity index (χ0v) is 24.4. The van der Waals surface area contributed by atoms with Gasteiger partial charge in [-0.3, -0.25) is 0 Å². The van der Waals surface area contributed by atoms with E-state index in [0.717, 1.165) is 0 Å². The van der Waals surface area contributed by atoms with E-state index in [2.05, 4.69) is 96.9 Å². The molecule has 0 heterocycles. The molecule has 0 nitrogen and oxygen atoms in total. The number of fused-ring (bicyclic) bond motifs is 2. The topological polar surface area (TPSA) is 0 Å². The molecule has 0 fully saturated rings. The molecule has 1 heteroatoms. The quantitative estimate of drug-likeness (QED) is 0.398. The molecule has 179 valence electrons. The van der Waals surface area contributed by atoms with E-state index in [-0.39, 0.29) is 8.70 Å². The molecule has 0 aliphatic heterocycles. The molecule has 2 aromatic carbocycles. The number of hydrogen-bond acceptors (Lipinski definition) is 0. The number of benzene rings is 2. The molecule has 33 heavy (non-hydrogen) atoms. The minimum atomic E-state index is 0.000254. The van der Waals surface area contributed by atoms with Crippen LogP contribution in [0.15, 0.2) is 11.1 Å². The van der Waals surface area contributed by atoms with Gasteiger partial charge in [0.25, 0.3) is 0 Å². The van der Waals surface area contributed by atoms with Crippen LogP contribution in [0.4, 0.5) is 0 Å². The van der Waals surface area contributed by atoms with Crippen LogP contribution in [-0.2, 0) is 23.4 Å². The predicted molar refractivity (Wildman–Crippen MR) is 142 cm³/mol. The molecule has 0 aromatic heterocycles. The molecular formula is C32H42Co. The van der Waals surface area contributed by atoms with Crippen molar-refractivity contribution in [2.45, 2.75) is 106 Å². The first kappa shape index (κ1) is 24.5. The molecule has 0 N–H and O–H groups in total. The molecule has 2 aromatic rings. The molecule has 2 unspecified atom stereocenters. The average Bonchev–Trinajstić information content (AvgIpc) is 3.08. The van der Waals surface area contributed by atoms with Crippen LogP contribution in [0, 0.1) is 55.4 Å². The number of hydrogen-bond donors (Lipinski definition) is 0. The Bertz CT molecular complexity index is 1210. The minimum absolute atomic E-state index is 0.000254. The first-order valence-electron chi connectivity index (χ1n) is 12.3. The van der Waals surface area contributed by atoms with E-state index >= 15 is 0 Å². The van der Waals surface area contributed by atoms with Gasteiger partial charge < -0.3 is 0 Å². The molecule has 0 saturated heterocycles. The van der Waals surface area contributed by atoms with E-state index in [1.165, 1.54) is 81.5 Å². The van der Waals surface area contributed by atoms with Gasteiger partial charge >= 0.3 is 209 Å². The van der Waals surface area contributed by atoms with Gasteiger partial charge in [0.1, 0.15) is 0 Å². The summed E-state index contributed by atoms with van der Waals surface area (Å²) >= 11 is 1.52. The first-order valence-corrected chi connectivity index (χ1v) is 13.4. The van der Waals surface area contributed by atoms with E-state index in [0.29, 0.717) is 0 Å².